The van der Waals surface area contributed by atoms with Crippen LogP contribution in [0.25, 0.3) is 0 Å². The molecule has 0 saturated carbocycles. The van der Waals surface area contributed by atoms with Crippen LogP contribution in [0.15, 0.2) is 42.6 Å². The van der Waals surface area contributed by atoms with Gasteiger partial charge in [-0.05, 0) is 24.3 Å². The number of carbonyl (C=O) groups is 1. The number of nitrogens with one attached hydrogen (secondary N) is 2. The highest BCUT2D eigenvalue weighted by Gasteiger charge is 2.03. The van der Waals surface area contributed by atoms with E-state index in [-0.39, 0.29) is 11.7 Å². The SMILES string of the molecule is CCC(=O)Nc1ccc(Nc2ccccc2F)nc1. The second-order valence-corrected chi connectivity index (χ2v) is 3.94. The Morgan fingerprint density at radius 3 is 2.68 bits per heavy atom. The lowest BCUT2D eigenvalue weighted by atomic mass is 10.3. The average Bonchev–Trinajstić information content (AvgIpc) is 2.43. The van der Waals surface area contributed by atoms with Crippen LogP contribution in [0.4, 0.5) is 21.6 Å². The summed E-state index contributed by atoms with van der Waals surface area (Å²) >= 11 is 0. The number of benzene rings is 1. The van der Waals surface area contributed by atoms with Crippen LogP contribution in [0.5, 0.6) is 0 Å². The molecule has 0 bridgehead atoms. The van der Waals surface area contributed by atoms with E-state index in [1.807, 2.05) is 0 Å². The molecule has 0 spiro atoms. The number of nitrogens with zero attached hydrogens (tertiary/aromatic N) is 1. The van der Waals surface area contributed by atoms with Gasteiger partial charge < -0.3 is 10.6 Å². The number of para-hydroxylation sites is 1. The summed E-state index contributed by atoms with van der Waals surface area (Å²) in [4.78, 5) is 15.3. The molecule has 2 N–H and O–H groups in total. The molecule has 0 atom stereocenters. The summed E-state index contributed by atoms with van der Waals surface area (Å²) in [6, 6.07) is 9.75. The number of halogens is 1. The lowest BCUT2D eigenvalue weighted by Gasteiger charge is -2.07. The summed E-state index contributed by atoms with van der Waals surface area (Å²) in [6.07, 6.45) is 1.94. The first-order valence-electron chi connectivity index (χ1n) is 5.96. The zero-order valence-electron chi connectivity index (χ0n) is 10.5. The summed E-state index contributed by atoms with van der Waals surface area (Å²) in [7, 11) is 0. The third kappa shape index (κ3) is 3.51. The molecule has 0 aliphatic rings. The van der Waals surface area contributed by atoms with Gasteiger partial charge in [-0.1, -0.05) is 19.1 Å². The zero-order chi connectivity index (χ0) is 13.7. The van der Waals surface area contributed by atoms with E-state index in [1.54, 1.807) is 37.3 Å². The molecule has 0 aliphatic carbocycles. The van der Waals surface area contributed by atoms with Crippen molar-refractivity contribution in [2.45, 2.75) is 13.3 Å². The average molecular weight is 259 g/mol. The Morgan fingerprint density at radius 1 is 1.26 bits per heavy atom. The van der Waals surface area contributed by atoms with Crippen molar-refractivity contribution in [3.05, 3.63) is 48.4 Å². The third-order valence-corrected chi connectivity index (χ3v) is 2.50. The summed E-state index contributed by atoms with van der Waals surface area (Å²) < 4.78 is 13.4. The first-order chi connectivity index (χ1) is 9.19. The van der Waals surface area contributed by atoms with Crippen LogP contribution >= 0.6 is 0 Å². The lowest BCUT2D eigenvalue weighted by molar-refractivity contribution is -0.115. The predicted octanol–water partition coefficient (Wildman–Crippen LogP) is 3.31. The highest BCUT2D eigenvalue weighted by molar-refractivity contribution is 5.90. The standard InChI is InChI=1S/C14H14FN3O/c1-2-14(19)17-10-7-8-13(16-9-10)18-12-6-4-3-5-11(12)15/h3-9H,2H2,1H3,(H,16,18)(H,17,19). The molecule has 1 amide bonds. The Bertz CT molecular complexity index is 569. The number of amides is 1. The van der Waals surface area contributed by atoms with E-state index < -0.39 is 0 Å². The molecule has 2 aromatic rings. The monoisotopic (exact) mass is 259 g/mol. The van der Waals surface area contributed by atoms with Gasteiger partial charge in [0.2, 0.25) is 5.91 Å². The van der Waals surface area contributed by atoms with Crippen LogP contribution in [0.2, 0.25) is 0 Å². The molecule has 0 aliphatic heterocycles. The van der Waals surface area contributed by atoms with Crippen molar-refractivity contribution in [2.24, 2.45) is 0 Å². The van der Waals surface area contributed by atoms with E-state index in [9.17, 15) is 9.18 Å². The Kier molecular flexibility index (Phi) is 4.07. The lowest BCUT2D eigenvalue weighted by Crippen LogP contribution is -2.09. The molecule has 0 radical (unpaired) electrons. The maximum Gasteiger partial charge on any atom is 0.224 e. The fourth-order valence-corrected chi connectivity index (χ4v) is 1.49. The predicted molar refractivity (Wildman–Crippen MR) is 72.8 cm³/mol. The van der Waals surface area contributed by atoms with Crippen LogP contribution in [-0.4, -0.2) is 10.9 Å². The van der Waals surface area contributed by atoms with E-state index in [4.69, 9.17) is 0 Å². The smallest absolute Gasteiger partial charge is 0.224 e. The summed E-state index contributed by atoms with van der Waals surface area (Å²) in [5.74, 6) is 0.101. The molecule has 1 aromatic carbocycles. The van der Waals surface area contributed by atoms with E-state index in [0.29, 0.717) is 23.6 Å². The molecule has 1 aromatic heterocycles. The van der Waals surface area contributed by atoms with Crippen molar-refractivity contribution < 1.29 is 9.18 Å². The molecule has 0 fully saturated rings. The third-order valence-electron chi connectivity index (χ3n) is 2.50. The molecule has 19 heavy (non-hydrogen) atoms. The first kappa shape index (κ1) is 13.0. The van der Waals surface area contributed by atoms with Crippen LogP contribution in [0.1, 0.15) is 13.3 Å². The maximum absolute atomic E-state index is 13.4. The van der Waals surface area contributed by atoms with Crippen molar-refractivity contribution in [1.82, 2.24) is 4.98 Å². The summed E-state index contributed by atoms with van der Waals surface area (Å²) in [5, 5.41) is 5.56. The number of hydrogen-bond acceptors (Lipinski definition) is 3. The normalized spacial score (nSPS) is 10.0. The van der Waals surface area contributed by atoms with E-state index >= 15 is 0 Å². The molecular weight excluding hydrogens is 245 g/mol. The summed E-state index contributed by atoms with van der Waals surface area (Å²) in [5.41, 5.74) is 0.978. The largest absolute Gasteiger partial charge is 0.338 e. The highest BCUT2D eigenvalue weighted by Crippen LogP contribution is 2.18. The minimum atomic E-state index is -0.340. The van der Waals surface area contributed by atoms with Gasteiger partial charge in [0.05, 0.1) is 17.6 Å². The van der Waals surface area contributed by atoms with E-state index in [1.165, 1.54) is 12.3 Å². The van der Waals surface area contributed by atoms with Gasteiger partial charge >= 0.3 is 0 Å². The molecule has 1 heterocycles. The first-order valence-corrected chi connectivity index (χ1v) is 5.96. The number of pyridine rings is 1. The molecular formula is C14H14FN3O. The number of aromatic nitrogens is 1. The van der Waals surface area contributed by atoms with Crippen molar-refractivity contribution in [1.29, 1.82) is 0 Å². The number of anilines is 3. The Morgan fingerprint density at radius 2 is 2.05 bits per heavy atom. The fraction of sp³-hybridized carbons (Fsp3) is 0.143. The van der Waals surface area contributed by atoms with Gasteiger partial charge in [-0.3, -0.25) is 4.79 Å². The van der Waals surface area contributed by atoms with Crippen molar-refractivity contribution in [3.8, 4) is 0 Å². The molecule has 4 nitrogen and oxygen atoms in total. The number of rotatable bonds is 4. The molecule has 98 valence electrons. The number of hydrogen-bond donors (Lipinski definition) is 2. The second-order valence-electron chi connectivity index (χ2n) is 3.94. The molecule has 5 heteroatoms. The van der Waals surface area contributed by atoms with Gasteiger partial charge in [0, 0.05) is 6.42 Å². The van der Waals surface area contributed by atoms with Crippen LogP contribution in [-0.2, 0) is 4.79 Å². The van der Waals surface area contributed by atoms with Gasteiger partial charge in [-0.2, -0.15) is 0 Å². The fourth-order valence-electron chi connectivity index (χ4n) is 1.49. The van der Waals surface area contributed by atoms with Gasteiger partial charge in [-0.15, -0.1) is 0 Å². The van der Waals surface area contributed by atoms with Crippen molar-refractivity contribution >= 4 is 23.1 Å². The van der Waals surface area contributed by atoms with Gasteiger partial charge in [0.15, 0.2) is 0 Å². The highest BCUT2D eigenvalue weighted by atomic mass is 19.1. The quantitative estimate of drug-likeness (QED) is 0.885. The van der Waals surface area contributed by atoms with Crippen LogP contribution in [0, 0.1) is 5.82 Å². The molecule has 2 rings (SSSR count). The Labute approximate surface area is 110 Å². The summed E-state index contributed by atoms with van der Waals surface area (Å²) in [6.45, 7) is 1.77. The number of carbonyl (C=O) groups excluding carboxylic acids is 1. The zero-order valence-corrected chi connectivity index (χ0v) is 10.5. The van der Waals surface area contributed by atoms with E-state index in [0.717, 1.165) is 0 Å². The van der Waals surface area contributed by atoms with Crippen molar-refractivity contribution in [2.75, 3.05) is 10.6 Å². The van der Waals surface area contributed by atoms with Crippen LogP contribution < -0.4 is 10.6 Å². The van der Waals surface area contributed by atoms with Crippen molar-refractivity contribution in [3.63, 3.8) is 0 Å². The maximum atomic E-state index is 13.4. The minimum Gasteiger partial charge on any atom is -0.338 e. The molecule has 0 saturated heterocycles. The Hall–Kier alpha value is -2.43. The van der Waals surface area contributed by atoms with Crippen LogP contribution in [0.3, 0.4) is 0 Å². The van der Waals surface area contributed by atoms with Gasteiger partial charge in [0.25, 0.3) is 0 Å². The Balaban J connectivity index is 2.07. The second kappa shape index (κ2) is 5.95. The van der Waals surface area contributed by atoms with Gasteiger partial charge in [-0.25, -0.2) is 9.37 Å². The minimum absolute atomic E-state index is 0.0726. The van der Waals surface area contributed by atoms with Gasteiger partial charge in [0.1, 0.15) is 11.6 Å². The topological polar surface area (TPSA) is 54.0 Å². The van der Waals surface area contributed by atoms with E-state index in [2.05, 4.69) is 15.6 Å². The molecule has 0 unspecified atom stereocenters.